The molecule has 108 valence electrons. The average Bonchev–Trinajstić information content (AvgIpc) is 2.43. The van der Waals surface area contributed by atoms with Crippen LogP contribution in [-0.4, -0.2) is 19.1 Å². The molecule has 20 heavy (non-hydrogen) atoms. The highest BCUT2D eigenvalue weighted by atomic mass is 16.5. The van der Waals surface area contributed by atoms with Crippen molar-refractivity contribution in [2.24, 2.45) is 11.7 Å². The molecular weight excluding hydrogens is 254 g/mol. The predicted octanol–water partition coefficient (Wildman–Crippen LogP) is 2.29. The highest BCUT2D eigenvalue weighted by molar-refractivity contribution is 5.91. The maximum atomic E-state index is 11.7. The molecule has 1 aromatic rings. The molecule has 1 aromatic carbocycles. The second-order valence-electron chi connectivity index (χ2n) is 4.73. The van der Waals surface area contributed by atoms with Crippen LogP contribution in [0.15, 0.2) is 24.3 Å². The molecule has 0 aliphatic carbocycles. The number of hydrogen-bond acceptors (Lipinski definition) is 4. The van der Waals surface area contributed by atoms with E-state index in [1.165, 1.54) is 0 Å². The van der Waals surface area contributed by atoms with Gasteiger partial charge < -0.3 is 15.8 Å². The normalized spacial score (nSPS) is 11.4. The number of hydrogen-bond donors (Lipinski definition) is 2. The lowest BCUT2D eigenvalue weighted by molar-refractivity contribution is -0.116. The molecule has 1 rings (SSSR count). The predicted molar refractivity (Wildman–Crippen MR) is 78.2 cm³/mol. The second kappa shape index (κ2) is 8.94. The lowest BCUT2D eigenvalue weighted by Gasteiger charge is -2.10. The molecule has 0 bridgehead atoms. The fraction of sp³-hybridized carbons (Fsp3) is 0.467. The van der Waals surface area contributed by atoms with Gasteiger partial charge in [-0.1, -0.05) is 13.0 Å². The molecule has 0 spiro atoms. The molecular formula is C15H21N3O2. The van der Waals surface area contributed by atoms with E-state index in [0.29, 0.717) is 43.9 Å². The lowest BCUT2D eigenvalue weighted by atomic mass is 10.1. The Hall–Kier alpha value is -2.06. The number of carbonyl (C=O) groups excluding carboxylic acids is 1. The van der Waals surface area contributed by atoms with Gasteiger partial charge in [0.1, 0.15) is 5.75 Å². The van der Waals surface area contributed by atoms with Crippen LogP contribution in [-0.2, 0) is 4.79 Å². The van der Waals surface area contributed by atoms with Crippen LogP contribution in [0.4, 0.5) is 5.69 Å². The van der Waals surface area contributed by atoms with Gasteiger partial charge in [0.15, 0.2) is 0 Å². The van der Waals surface area contributed by atoms with E-state index in [1.807, 2.05) is 25.1 Å². The van der Waals surface area contributed by atoms with Crippen LogP contribution in [0.2, 0.25) is 0 Å². The number of nitrogens with one attached hydrogen (secondary N) is 1. The number of unbranched alkanes of at least 4 members (excludes halogenated alkanes) is 1. The monoisotopic (exact) mass is 275 g/mol. The molecule has 3 N–H and O–H groups in total. The Morgan fingerprint density at radius 3 is 3.05 bits per heavy atom. The first-order valence-electron chi connectivity index (χ1n) is 6.75. The van der Waals surface area contributed by atoms with Gasteiger partial charge in [0.25, 0.3) is 0 Å². The first-order valence-corrected chi connectivity index (χ1v) is 6.75. The van der Waals surface area contributed by atoms with E-state index in [-0.39, 0.29) is 11.8 Å². The van der Waals surface area contributed by atoms with Crippen molar-refractivity contribution in [3.63, 3.8) is 0 Å². The van der Waals surface area contributed by atoms with Crippen molar-refractivity contribution >= 4 is 11.6 Å². The molecule has 1 atom stereocenters. The van der Waals surface area contributed by atoms with Gasteiger partial charge in [0.05, 0.1) is 12.7 Å². The average molecular weight is 275 g/mol. The highest BCUT2D eigenvalue weighted by Crippen LogP contribution is 2.18. The number of amides is 1. The van der Waals surface area contributed by atoms with E-state index in [2.05, 4.69) is 11.4 Å². The molecule has 0 saturated carbocycles. The Labute approximate surface area is 119 Å². The van der Waals surface area contributed by atoms with E-state index in [0.717, 1.165) is 0 Å². The van der Waals surface area contributed by atoms with Crippen molar-refractivity contribution in [2.75, 3.05) is 18.5 Å². The quantitative estimate of drug-likeness (QED) is 0.712. The summed E-state index contributed by atoms with van der Waals surface area (Å²) >= 11 is 0. The van der Waals surface area contributed by atoms with Gasteiger partial charge in [-0.05, 0) is 31.0 Å². The second-order valence-corrected chi connectivity index (χ2v) is 4.73. The van der Waals surface area contributed by atoms with Crippen molar-refractivity contribution in [2.45, 2.75) is 26.2 Å². The summed E-state index contributed by atoms with van der Waals surface area (Å²) in [4.78, 5) is 11.7. The van der Waals surface area contributed by atoms with Gasteiger partial charge in [-0.15, -0.1) is 0 Å². The summed E-state index contributed by atoms with van der Waals surface area (Å²) in [6.07, 6.45) is 1.58. The number of nitriles is 1. The molecule has 0 saturated heterocycles. The number of nitrogens with zero attached hydrogens (tertiary/aromatic N) is 1. The van der Waals surface area contributed by atoms with Crippen LogP contribution in [0.25, 0.3) is 0 Å². The number of carbonyl (C=O) groups is 1. The molecule has 0 radical (unpaired) electrons. The summed E-state index contributed by atoms with van der Waals surface area (Å²) in [7, 11) is 0. The molecule has 1 unspecified atom stereocenters. The highest BCUT2D eigenvalue weighted by Gasteiger charge is 2.08. The largest absolute Gasteiger partial charge is 0.493 e. The third-order valence-corrected chi connectivity index (χ3v) is 2.76. The van der Waals surface area contributed by atoms with Gasteiger partial charge in [-0.3, -0.25) is 4.79 Å². The minimum Gasteiger partial charge on any atom is -0.493 e. The summed E-state index contributed by atoms with van der Waals surface area (Å²) in [5, 5.41) is 11.3. The van der Waals surface area contributed by atoms with Crippen molar-refractivity contribution in [1.82, 2.24) is 0 Å². The Morgan fingerprint density at radius 2 is 2.35 bits per heavy atom. The minimum absolute atomic E-state index is 0.0513. The zero-order chi connectivity index (χ0) is 14.8. The fourth-order valence-corrected chi connectivity index (χ4v) is 1.62. The van der Waals surface area contributed by atoms with Crippen LogP contribution < -0.4 is 15.8 Å². The third-order valence-electron chi connectivity index (χ3n) is 2.76. The van der Waals surface area contributed by atoms with Crippen LogP contribution in [0, 0.1) is 17.2 Å². The standard InChI is InChI=1S/C15H21N3O2/c1-12(11-17)9-15(19)18-13-5-4-6-14(10-13)20-8-3-2-7-16/h4-6,10,12H,2-3,8-9,11,17H2,1H3,(H,18,19). The molecule has 1 amide bonds. The Morgan fingerprint density at radius 1 is 1.55 bits per heavy atom. The molecule has 0 fully saturated rings. The topological polar surface area (TPSA) is 88.1 Å². The number of benzene rings is 1. The van der Waals surface area contributed by atoms with E-state index in [1.54, 1.807) is 6.07 Å². The molecule has 0 aromatic heterocycles. The van der Waals surface area contributed by atoms with Crippen molar-refractivity contribution in [1.29, 1.82) is 5.26 Å². The number of rotatable bonds is 8. The Kier molecular flexibility index (Phi) is 7.15. The molecule has 0 aliphatic heterocycles. The van der Waals surface area contributed by atoms with Gasteiger partial charge in [0.2, 0.25) is 5.91 Å². The summed E-state index contributed by atoms with van der Waals surface area (Å²) in [6, 6.07) is 9.30. The van der Waals surface area contributed by atoms with Crippen molar-refractivity contribution < 1.29 is 9.53 Å². The van der Waals surface area contributed by atoms with E-state index >= 15 is 0 Å². The van der Waals surface area contributed by atoms with Crippen LogP contribution in [0.5, 0.6) is 5.75 Å². The zero-order valence-corrected chi connectivity index (χ0v) is 11.8. The Balaban J connectivity index is 2.47. The van der Waals surface area contributed by atoms with Gasteiger partial charge in [-0.25, -0.2) is 0 Å². The molecule has 0 heterocycles. The summed E-state index contributed by atoms with van der Waals surface area (Å²) in [5.41, 5.74) is 6.20. The van der Waals surface area contributed by atoms with Crippen molar-refractivity contribution in [3.05, 3.63) is 24.3 Å². The Bertz CT molecular complexity index is 468. The minimum atomic E-state index is -0.0513. The fourth-order valence-electron chi connectivity index (χ4n) is 1.62. The first-order chi connectivity index (χ1) is 9.65. The summed E-state index contributed by atoms with van der Waals surface area (Å²) in [5.74, 6) is 0.803. The summed E-state index contributed by atoms with van der Waals surface area (Å²) < 4.78 is 5.51. The number of ether oxygens (including phenoxy) is 1. The first kappa shape index (κ1) is 16.0. The smallest absolute Gasteiger partial charge is 0.224 e. The van der Waals surface area contributed by atoms with Crippen LogP contribution in [0.3, 0.4) is 0 Å². The molecule has 5 nitrogen and oxygen atoms in total. The van der Waals surface area contributed by atoms with Crippen LogP contribution in [0.1, 0.15) is 26.2 Å². The maximum absolute atomic E-state index is 11.7. The zero-order valence-electron chi connectivity index (χ0n) is 11.8. The van der Waals surface area contributed by atoms with E-state index in [9.17, 15) is 4.79 Å². The van der Waals surface area contributed by atoms with Crippen molar-refractivity contribution in [3.8, 4) is 11.8 Å². The molecule has 0 aliphatic rings. The number of anilines is 1. The lowest BCUT2D eigenvalue weighted by Crippen LogP contribution is -2.20. The van der Waals surface area contributed by atoms with E-state index in [4.69, 9.17) is 15.7 Å². The van der Waals surface area contributed by atoms with Gasteiger partial charge in [0, 0.05) is 24.6 Å². The SMILES string of the molecule is CC(CN)CC(=O)Nc1cccc(OCCCC#N)c1. The van der Waals surface area contributed by atoms with Gasteiger partial charge >= 0.3 is 0 Å². The van der Waals surface area contributed by atoms with Gasteiger partial charge in [-0.2, -0.15) is 5.26 Å². The van der Waals surface area contributed by atoms with E-state index < -0.39 is 0 Å². The molecule has 5 heteroatoms. The summed E-state index contributed by atoms with van der Waals surface area (Å²) in [6.45, 7) is 2.93. The maximum Gasteiger partial charge on any atom is 0.224 e. The van der Waals surface area contributed by atoms with Crippen LogP contribution >= 0.6 is 0 Å². The third kappa shape index (κ3) is 6.21. The number of nitrogens with two attached hydrogens (primary N) is 1.